The molecule has 10 nitrogen and oxygen atoms in total. The van der Waals surface area contributed by atoms with Gasteiger partial charge >= 0.3 is 6.09 Å². The second kappa shape index (κ2) is 11.4. The van der Waals surface area contributed by atoms with E-state index in [0.29, 0.717) is 25.3 Å². The predicted molar refractivity (Wildman–Crippen MR) is 137 cm³/mol. The van der Waals surface area contributed by atoms with Crippen molar-refractivity contribution in [2.45, 2.75) is 52.2 Å². The Morgan fingerprint density at radius 3 is 2.69 bits per heavy atom. The molecule has 0 saturated carbocycles. The average Bonchev–Trinajstić information content (AvgIpc) is 2.83. The molecule has 2 unspecified atom stereocenters. The summed E-state index contributed by atoms with van der Waals surface area (Å²) in [6.45, 7) is 8.82. The van der Waals surface area contributed by atoms with Crippen LogP contribution in [-0.4, -0.2) is 64.0 Å². The molecule has 2 aromatic rings. The fraction of sp³-hybridized carbons (Fsp3) is 0.500. The molecular formula is C26H35N5O5. The lowest BCUT2D eigenvalue weighted by Gasteiger charge is -2.35. The summed E-state index contributed by atoms with van der Waals surface area (Å²) in [6, 6.07) is 9.76. The molecule has 2 atom stereocenters. The number of nitro benzene ring substituents is 1. The second-order valence-corrected chi connectivity index (χ2v) is 10.2. The Kier molecular flexibility index (Phi) is 8.49. The van der Waals surface area contributed by atoms with Crippen molar-refractivity contribution in [2.24, 2.45) is 5.92 Å². The van der Waals surface area contributed by atoms with E-state index < -0.39 is 16.6 Å². The molecule has 0 spiro atoms. The van der Waals surface area contributed by atoms with E-state index in [9.17, 15) is 19.7 Å². The molecule has 1 aliphatic rings. The third-order valence-electron chi connectivity index (χ3n) is 5.99. The van der Waals surface area contributed by atoms with E-state index in [2.05, 4.69) is 10.3 Å². The van der Waals surface area contributed by atoms with Crippen LogP contribution in [0.15, 0.2) is 42.6 Å². The van der Waals surface area contributed by atoms with Crippen molar-refractivity contribution in [3.05, 3.63) is 64.0 Å². The number of carbonyl (C=O) groups excluding carboxylic acids is 2. The highest BCUT2D eigenvalue weighted by Crippen LogP contribution is 2.30. The lowest BCUT2D eigenvalue weighted by molar-refractivity contribution is -0.384. The van der Waals surface area contributed by atoms with Gasteiger partial charge < -0.3 is 19.9 Å². The fourth-order valence-corrected chi connectivity index (χ4v) is 4.26. The zero-order chi connectivity index (χ0) is 26.5. The number of carbonyl (C=O) groups is 2. The molecular weight excluding hydrogens is 462 g/mol. The summed E-state index contributed by atoms with van der Waals surface area (Å²) in [5, 5.41) is 14.9. The molecule has 1 N–H and O–H groups in total. The Labute approximate surface area is 211 Å². The van der Waals surface area contributed by atoms with E-state index in [-0.39, 0.29) is 29.1 Å². The van der Waals surface area contributed by atoms with Crippen LogP contribution < -0.4 is 5.32 Å². The molecule has 3 rings (SSSR count). The number of hydrogen-bond donors (Lipinski definition) is 1. The molecule has 1 saturated heterocycles. The van der Waals surface area contributed by atoms with Crippen LogP contribution in [0.3, 0.4) is 0 Å². The molecule has 1 aromatic heterocycles. The third kappa shape index (κ3) is 7.16. The maximum absolute atomic E-state index is 13.3. The van der Waals surface area contributed by atoms with Crippen molar-refractivity contribution in [3.63, 3.8) is 0 Å². The zero-order valence-corrected chi connectivity index (χ0v) is 21.6. The van der Waals surface area contributed by atoms with Crippen LogP contribution in [0, 0.1) is 16.0 Å². The number of anilines is 1. The number of rotatable bonds is 7. The number of nitro groups is 1. The van der Waals surface area contributed by atoms with Crippen molar-refractivity contribution >= 4 is 23.4 Å². The summed E-state index contributed by atoms with van der Waals surface area (Å²) < 4.78 is 5.42. The molecule has 2 heterocycles. The molecule has 36 heavy (non-hydrogen) atoms. The molecule has 1 aliphatic heterocycles. The highest BCUT2D eigenvalue weighted by molar-refractivity contribution is 5.95. The largest absolute Gasteiger partial charge is 0.444 e. The van der Waals surface area contributed by atoms with Crippen LogP contribution in [0.1, 0.15) is 62.6 Å². The molecule has 0 bridgehead atoms. The van der Waals surface area contributed by atoms with Crippen molar-refractivity contribution in [2.75, 3.05) is 32.0 Å². The standard InChI is InChI=1S/C26H35N5O5/c1-18(21-10-6-7-13-27-21)28-22-12-11-20(15-23(22)31(34)35)24(32)30-14-8-9-19(17-30)16-29(5)25(33)36-26(2,3)4/h6-7,10-13,15,18-19,28H,8-9,14,16-17H2,1-5H3. The molecule has 0 radical (unpaired) electrons. The maximum atomic E-state index is 13.3. The van der Waals surface area contributed by atoms with E-state index in [1.807, 2.05) is 39.8 Å². The summed E-state index contributed by atoms with van der Waals surface area (Å²) in [4.78, 5) is 44.4. The van der Waals surface area contributed by atoms with Gasteiger partial charge in [0.25, 0.3) is 11.6 Å². The van der Waals surface area contributed by atoms with Crippen LogP contribution in [0.5, 0.6) is 0 Å². The number of benzene rings is 1. The van der Waals surface area contributed by atoms with Crippen LogP contribution in [-0.2, 0) is 4.74 Å². The Hall–Kier alpha value is -3.69. The number of nitrogens with one attached hydrogen (secondary N) is 1. The first-order valence-corrected chi connectivity index (χ1v) is 12.1. The minimum absolute atomic E-state index is 0.0929. The number of amides is 2. The lowest BCUT2D eigenvalue weighted by atomic mass is 9.96. The summed E-state index contributed by atoms with van der Waals surface area (Å²) >= 11 is 0. The van der Waals surface area contributed by atoms with Gasteiger partial charge in [-0.1, -0.05) is 6.07 Å². The van der Waals surface area contributed by atoms with Gasteiger partial charge in [0.2, 0.25) is 0 Å². The molecule has 0 aliphatic carbocycles. The molecule has 194 valence electrons. The van der Waals surface area contributed by atoms with Gasteiger partial charge in [0.15, 0.2) is 0 Å². The number of hydrogen-bond acceptors (Lipinski definition) is 7. The Morgan fingerprint density at radius 2 is 2.06 bits per heavy atom. The summed E-state index contributed by atoms with van der Waals surface area (Å²) in [7, 11) is 1.69. The van der Waals surface area contributed by atoms with Gasteiger partial charge in [-0.2, -0.15) is 0 Å². The first-order valence-electron chi connectivity index (χ1n) is 12.1. The van der Waals surface area contributed by atoms with E-state index in [1.54, 1.807) is 36.3 Å². The first kappa shape index (κ1) is 26.9. The quantitative estimate of drug-likeness (QED) is 0.428. The molecule has 1 aromatic carbocycles. The number of piperidine rings is 1. The Bertz CT molecular complexity index is 1090. The van der Waals surface area contributed by atoms with E-state index >= 15 is 0 Å². The van der Waals surface area contributed by atoms with Gasteiger partial charge in [0, 0.05) is 44.5 Å². The SMILES string of the molecule is CC(Nc1ccc(C(=O)N2CCCC(CN(C)C(=O)OC(C)(C)C)C2)cc1[N+](=O)[O-])c1ccccn1. The van der Waals surface area contributed by atoms with Gasteiger partial charge in [0.05, 0.1) is 16.7 Å². The highest BCUT2D eigenvalue weighted by atomic mass is 16.6. The maximum Gasteiger partial charge on any atom is 0.410 e. The van der Waals surface area contributed by atoms with Gasteiger partial charge in [-0.05, 0) is 70.7 Å². The van der Waals surface area contributed by atoms with Gasteiger partial charge in [-0.15, -0.1) is 0 Å². The zero-order valence-electron chi connectivity index (χ0n) is 21.6. The van der Waals surface area contributed by atoms with Gasteiger partial charge in [0.1, 0.15) is 11.3 Å². The first-order chi connectivity index (χ1) is 16.9. The number of aromatic nitrogens is 1. The van der Waals surface area contributed by atoms with Crippen LogP contribution in [0.4, 0.5) is 16.2 Å². The molecule has 10 heteroatoms. The van der Waals surface area contributed by atoms with Crippen molar-refractivity contribution in [3.8, 4) is 0 Å². The van der Waals surface area contributed by atoms with E-state index in [1.165, 1.54) is 11.0 Å². The lowest BCUT2D eigenvalue weighted by Crippen LogP contribution is -2.45. The minimum Gasteiger partial charge on any atom is -0.444 e. The normalized spacial score (nSPS) is 16.7. The van der Waals surface area contributed by atoms with Crippen LogP contribution in [0.25, 0.3) is 0 Å². The van der Waals surface area contributed by atoms with Crippen molar-refractivity contribution in [1.29, 1.82) is 0 Å². The minimum atomic E-state index is -0.578. The summed E-state index contributed by atoms with van der Waals surface area (Å²) in [6.07, 6.45) is 2.94. The topological polar surface area (TPSA) is 118 Å². The number of likely N-dealkylation sites (tertiary alicyclic amines) is 1. The average molecular weight is 498 g/mol. The third-order valence-corrected chi connectivity index (χ3v) is 5.99. The Morgan fingerprint density at radius 1 is 1.31 bits per heavy atom. The smallest absolute Gasteiger partial charge is 0.410 e. The number of nitrogens with zero attached hydrogens (tertiary/aromatic N) is 4. The van der Waals surface area contributed by atoms with E-state index in [4.69, 9.17) is 4.74 Å². The number of pyridine rings is 1. The Balaban J connectivity index is 1.69. The monoisotopic (exact) mass is 497 g/mol. The van der Waals surface area contributed by atoms with Crippen molar-refractivity contribution in [1.82, 2.24) is 14.8 Å². The van der Waals surface area contributed by atoms with Gasteiger partial charge in [-0.3, -0.25) is 19.9 Å². The van der Waals surface area contributed by atoms with Gasteiger partial charge in [-0.25, -0.2) is 4.79 Å². The summed E-state index contributed by atoms with van der Waals surface area (Å²) in [5.74, 6) is -0.164. The summed E-state index contributed by atoms with van der Waals surface area (Å²) in [5.41, 5.74) is 0.596. The van der Waals surface area contributed by atoms with Crippen molar-refractivity contribution < 1.29 is 19.2 Å². The highest BCUT2D eigenvalue weighted by Gasteiger charge is 2.29. The van der Waals surface area contributed by atoms with E-state index in [0.717, 1.165) is 18.5 Å². The van der Waals surface area contributed by atoms with Crippen LogP contribution >= 0.6 is 0 Å². The number of ether oxygens (including phenoxy) is 1. The fourth-order valence-electron chi connectivity index (χ4n) is 4.26. The molecule has 1 fully saturated rings. The predicted octanol–water partition coefficient (Wildman–Crippen LogP) is 4.88. The second-order valence-electron chi connectivity index (χ2n) is 10.2. The van der Waals surface area contributed by atoms with Crippen LogP contribution in [0.2, 0.25) is 0 Å². The molecule has 2 amide bonds.